The van der Waals surface area contributed by atoms with E-state index in [-0.39, 0.29) is 28.7 Å². The molecule has 0 saturated carbocycles. The van der Waals surface area contributed by atoms with E-state index >= 15 is 0 Å². The summed E-state index contributed by atoms with van der Waals surface area (Å²) in [5.74, 6) is -1.06. The van der Waals surface area contributed by atoms with E-state index in [4.69, 9.17) is 20.7 Å². The van der Waals surface area contributed by atoms with Crippen LogP contribution in [0.25, 0.3) is 5.69 Å². The normalized spacial score (nSPS) is 15.4. The number of nitrogens with zero attached hydrogens (tertiary/aromatic N) is 3. The molecule has 0 amide bonds. The Morgan fingerprint density at radius 2 is 1.84 bits per heavy atom. The molecular weight excluding hydrogens is 396 g/mol. The third-order valence-electron chi connectivity index (χ3n) is 5.21. The van der Waals surface area contributed by atoms with Crippen LogP contribution in [0.4, 0.5) is 0 Å². The highest BCUT2D eigenvalue weighted by molar-refractivity contribution is 5.87. The van der Waals surface area contributed by atoms with E-state index in [1.54, 1.807) is 41.1 Å². The van der Waals surface area contributed by atoms with Crippen molar-refractivity contribution in [1.82, 2.24) is 9.78 Å². The van der Waals surface area contributed by atoms with E-state index in [1.165, 1.54) is 12.1 Å². The third-order valence-corrected chi connectivity index (χ3v) is 5.21. The molecule has 8 nitrogen and oxygen atoms in total. The van der Waals surface area contributed by atoms with Gasteiger partial charge in [-0.05, 0) is 47.9 Å². The zero-order valence-corrected chi connectivity index (χ0v) is 16.9. The maximum Gasteiger partial charge on any atom is 0.335 e. The smallest absolute Gasteiger partial charge is 0.335 e. The summed E-state index contributed by atoms with van der Waals surface area (Å²) in [6, 6.07) is 15.0. The molecule has 1 unspecified atom stereocenters. The summed E-state index contributed by atoms with van der Waals surface area (Å²) >= 11 is 0. The molecule has 0 aliphatic carbocycles. The second-order valence-electron chi connectivity index (χ2n) is 7.54. The van der Waals surface area contributed by atoms with Crippen molar-refractivity contribution in [3.8, 4) is 23.4 Å². The van der Waals surface area contributed by atoms with E-state index < -0.39 is 11.9 Å². The SMILES string of the molecule is CC(C)c1nn(-c2ccc(C(=O)O)cc2)c2c1C(c1ccc(O)cc1)C(C#N)=C(N)O2. The van der Waals surface area contributed by atoms with E-state index in [1.807, 2.05) is 13.8 Å². The second kappa shape index (κ2) is 7.54. The maximum atomic E-state index is 11.2. The van der Waals surface area contributed by atoms with Gasteiger partial charge in [-0.2, -0.15) is 10.4 Å². The largest absolute Gasteiger partial charge is 0.508 e. The number of carboxylic acid groups (broad SMARTS) is 1. The molecule has 0 fully saturated rings. The molecule has 0 radical (unpaired) electrons. The number of aromatic carboxylic acids is 1. The lowest BCUT2D eigenvalue weighted by Crippen LogP contribution is -2.22. The Kier molecular flexibility index (Phi) is 4.87. The number of nitrogens with two attached hydrogens (primary N) is 1. The monoisotopic (exact) mass is 416 g/mol. The molecule has 2 aromatic carbocycles. The zero-order valence-electron chi connectivity index (χ0n) is 16.9. The quantitative estimate of drug-likeness (QED) is 0.591. The number of carbonyl (C=O) groups is 1. The molecule has 156 valence electrons. The van der Waals surface area contributed by atoms with Crippen molar-refractivity contribution in [2.75, 3.05) is 0 Å². The van der Waals surface area contributed by atoms with Crippen molar-refractivity contribution in [3.63, 3.8) is 0 Å². The second-order valence-corrected chi connectivity index (χ2v) is 7.54. The van der Waals surface area contributed by atoms with Gasteiger partial charge in [-0.25, -0.2) is 9.48 Å². The fourth-order valence-electron chi connectivity index (χ4n) is 3.71. The van der Waals surface area contributed by atoms with Crippen LogP contribution >= 0.6 is 0 Å². The Bertz CT molecular complexity index is 1230. The highest BCUT2D eigenvalue weighted by Gasteiger charge is 2.37. The number of allylic oxidation sites excluding steroid dienone is 1. The number of fused-ring (bicyclic) bond motifs is 1. The summed E-state index contributed by atoms with van der Waals surface area (Å²) in [5, 5.41) is 33.4. The standard InChI is InChI=1S/C23H20N4O4/c1-12(2)20-19-18(13-5-9-16(28)10-6-13)17(11-24)21(25)31-22(19)27(26-20)15-7-3-14(4-8-15)23(29)30/h3-10,12,18,28H,25H2,1-2H3,(H,29,30). The highest BCUT2D eigenvalue weighted by Crippen LogP contribution is 2.46. The Hall–Kier alpha value is -4.25. The van der Waals surface area contributed by atoms with Crippen LogP contribution in [0.3, 0.4) is 0 Å². The number of phenols is 1. The van der Waals surface area contributed by atoms with Crippen LogP contribution < -0.4 is 10.5 Å². The number of hydrogen-bond acceptors (Lipinski definition) is 6. The Morgan fingerprint density at radius 1 is 1.19 bits per heavy atom. The number of aromatic hydroxyl groups is 1. The molecule has 0 saturated heterocycles. The maximum absolute atomic E-state index is 11.2. The predicted molar refractivity (Wildman–Crippen MR) is 112 cm³/mol. The van der Waals surface area contributed by atoms with Crippen LogP contribution in [0.1, 0.15) is 52.9 Å². The molecule has 4 rings (SSSR count). The Morgan fingerprint density at radius 3 is 2.39 bits per heavy atom. The number of hydrogen-bond donors (Lipinski definition) is 3. The Balaban J connectivity index is 1.95. The van der Waals surface area contributed by atoms with E-state index in [0.717, 1.165) is 11.3 Å². The molecule has 3 aromatic rings. The molecule has 1 atom stereocenters. The van der Waals surface area contributed by atoms with Gasteiger partial charge in [0, 0.05) is 0 Å². The van der Waals surface area contributed by atoms with Crippen molar-refractivity contribution >= 4 is 5.97 Å². The van der Waals surface area contributed by atoms with Gasteiger partial charge >= 0.3 is 5.97 Å². The number of nitriles is 1. The lowest BCUT2D eigenvalue weighted by molar-refractivity contribution is 0.0697. The summed E-state index contributed by atoms with van der Waals surface area (Å²) in [6.45, 7) is 3.98. The molecule has 4 N–H and O–H groups in total. The van der Waals surface area contributed by atoms with Gasteiger partial charge in [0.05, 0.1) is 28.4 Å². The van der Waals surface area contributed by atoms with Crippen molar-refractivity contribution in [2.45, 2.75) is 25.7 Å². The summed E-state index contributed by atoms with van der Waals surface area (Å²) in [6.07, 6.45) is 0. The van der Waals surface area contributed by atoms with Crippen LogP contribution in [0.15, 0.2) is 60.0 Å². The van der Waals surface area contributed by atoms with Gasteiger partial charge < -0.3 is 20.7 Å². The van der Waals surface area contributed by atoms with E-state index in [0.29, 0.717) is 17.1 Å². The van der Waals surface area contributed by atoms with Crippen molar-refractivity contribution in [3.05, 3.63) is 82.4 Å². The third kappa shape index (κ3) is 3.36. The van der Waals surface area contributed by atoms with Gasteiger partial charge in [0.15, 0.2) is 0 Å². The molecule has 0 spiro atoms. The zero-order chi connectivity index (χ0) is 22.3. The number of ether oxygens (including phenoxy) is 1. The summed E-state index contributed by atoms with van der Waals surface area (Å²) in [7, 11) is 0. The Labute approximate surface area is 178 Å². The minimum atomic E-state index is -1.02. The topological polar surface area (TPSA) is 134 Å². The van der Waals surface area contributed by atoms with Crippen LogP contribution in [0.5, 0.6) is 11.6 Å². The first kappa shape index (κ1) is 20.0. The summed E-state index contributed by atoms with van der Waals surface area (Å²) in [4.78, 5) is 11.2. The highest BCUT2D eigenvalue weighted by atomic mass is 16.5. The summed E-state index contributed by atoms with van der Waals surface area (Å²) < 4.78 is 7.45. The first-order valence-electron chi connectivity index (χ1n) is 9.64. The van der Waals surface area contributed by atoms with Gasteiger partial charge in [0.1, 0.15) is 17.4 Å². The van der Waals surface area contributed by atoms with Crippen molar-refractivity contribution in [2.24, 2.45) is 5.73 Å². The van der Waals surface area contributed by atoms with Gasteiger partial charge in [-0.15, -0.1) is 0 Å². The fraction of sp³-hybridized carbons (Fsp3) is 0.174. The average Bonchev–Trinajstić information content (AvgIpc) is 3.12. The van der Waals surface area contributed by atoms with Crippen LogP contribution in [0, 0.1) is 11.3 Å². The average molecular weight is 416 g/mol. The van der Waals surface area contributed by atoms with Crippen molar-refractivity contribution in [1.29, 1.82) is 5.26 Å². The molecule has 0 bridgehead atoms. The number of benzene rings is 2. The van der Waals surface area contributed by atoms with E-state index in [2.05, 4.69) is 6.07 Å². The van der Waals surface area contributed by atoms with Gasteiger partial charge in [0.2, 0.25) is 11.8 Å². The molecular formula is C23H20N4O4. The molecule has 1 aliphatic rings. The minimum Gasteiger partial charge on any atom is -0.508 e. The van der Waals surface area contributed by atoms with Gasteiger partial charge in [0.25, 0.3) is 0 Å². The number of rotatable bonds is 4. The van der Waals surface area contributed by atoms with E-state index in [9.17, 15) is 15.2 Å². The molecule has 2 heterocycles. The fourth-order valence-corrected chi connectivity index (χ4v) is 3.71. The van der Waals surface area contributed by atoms with Crippen molar-refractivity contribution < 1.29 is 19.7 Å². The van der Waals surface area contributed by atoms with Crippen LogP contribution in [-0.4, -0.2) is 26.0 Å². The molecule has 31 heavy (non-hydrogen) atoms. The van der Waals surface area contributed by atoms with Gasteiger partial charge in [-0.1, -0.05) is 26.0 Å². The molecule has 8 heteroatoms. The van der Waals surface area contributed by atoms with Crippen LogP contribution in [0.2, 0.25) is 0 Å². The lowest BCUT2D eigenvalue weighted by Gasteiger charge is -2.25. The molecule has 1 aromatic heterocycles. The number of phenolic OH excluding ortho intramolecular Hbond substituents is 1. The van der Waals surface area contributed by atoms with Crippen LogP contribution in [-0.2, 0) is 0 Å². The number of aromatic nitrogens is 2. The van der Waals surface area contributed by atoms with Gasteiger partial charge in [-0.3, -0.25) is 0 Å². The minimum absolute atomic E-state index is 0.00998. The number of carboxylic acids is 1. The first-order chi connectivity index (χ1) is 14.8. The first-order valence-corrected chi connectivity index (χ1v) is 9.64. The predicted octanol–water partition coefficient (Wildman–Crippen LogP) is 3.62. The lowest BCUT2D eigenvalue weighted by atomic mass is 9.82. The molecule has 1 aliphatic heterocycles. The summed E-state index contributed by atoms with van der Waals surface area (Å²) in [5.41, 5.74) is 9.36.